The maximum Gasteiger partial charge on any atom is 0.251 e. The molecule has 31 heavy (non-hydrogen) atoms. The highest BCUT2D eigenvalue weighted by Gasteiger charge is 2.44. The molecule has 0 N–H and O–H groups in total. The van der Waals surface area contributed by atoms with Crippen molar-refractivity contribution >= 4 is 71.0 Å². The van der Waals surface area contributed by atoms with Crippen LogP contribution in [0.15, 0.2) is 56.3 Å². The molecule has 2 aliphatic heterocycles. The molecule has 0 aromatic heterocycles. The van der Waals surface area contributed by atoms with E-state index in [0.29, 0.717) is 32.7 Å². The van der Waals surface area contributed by atoms with E-state index in [0.717, 1.165) is 4.90 Å². The largest absolute Gasteiger partial charge is 0.289 e. The van der Waals surface area contributed by atoms with Crippen molar-refractivity contribution in [3.05, 3.63) is 56.4 Å². The Balaban J connectivity index is 1.47. The predicted octanol–water partition coefficient (Wildman–Crippen LogP) is 3.50. The van der Waals surface area contributed by atoms with Crippen molar-refractivity contribution in [2.45, 2.75) is 17.4 Å². The van der Waals surface area contributed by atoms with Crippen LogP contribution in [0.25, 0.3) is 0 Å². The summed E-state index contributed by atoms with van der Waals surface area (Å²) in [5, 5.41) is 0.444. The van der Waals surface area contributed by atoms with Gasteiger partial charge in [-0.1, -0.05) is 33.6 Å². The summed E-state index contributed by atoms with van der Waals surface area (Å²) in [7, 11) is -3.69. The van der Waals surface area contributed by atoms with Gasteiger partial charge < -0.3 is 0 Å². The molecule has 1 atom stereocenters. The van der Waals surface area contributed by atoms with Gasteiger partial charge in [0.1, 0.15) is 0 Å². The number of carbonyl (C=O) groups is 2. The van der Waals surface area contributed by atoms with Crippen LogP contribution in [0.4, 0.5) is 5.69 Å². The molecule has 7 nitrogen and oxygen atoms in total. The topological polar surface area (TPSA) is 78.0 Å². The number of anilines is 1. The molecule has 11 heteroatoms. The highest BCUT2D eigenvalue weighted by atomic mass is 79.9. The lowest BCUT2D eigenvalue weighted by molar-refractivity contribution is -0.123. The number of nitrogens with zero attached hydrogens (tertiary/aromatic N) is 3. The highest BCUT2D eigenvalue weighted by molar-refractivity contribution is 9.11. The molecule has 0 radical (unpaired) electrons. The van der Waals surface area contributed by atoms with E-state index in [1.807, 2.05) is 4.90 Å². The van der Waals surface area contributed by atoms with E-state index < -0.39 is 16.1 Å². The summed E-state index contributed by atoms with van der Waals surface area (Å²) in [6, 6.07) is 11.0. The molecule has 0 unspecified atom stereocenters. The average Bonchev–Trinajstić information content (AvgIpc) is 3.03. The standard InChI is InChI=1S/C20H18Br2ClN3O4S/c21-13-4-5-16(22)18(10-13)31(29,30)25-8-6-24(7-9-25)17-12-19(27)26(20(17)28)15-3-1-2-14(23)11-15/h1-5,10-11,17H,6-9,12H2/t17-/m1/s1. The molecule has 4 rings (SSSR count). The van der Waals surface area contributed by atoms with Crippen molar-refractivity contribution in [2.75, 3.05) is 31.1 Å². The van der Waals surface area contributed by atoms with Crippen LogP contribution in [-0.4, -0.2) is 61.7 Å². The number of rotatable bonds is 4. The Hall–Kier alpha value is -1.30. The van der Waals surface area contributed by atoms with Gasteiger partial charge in [-0.25, -0.2) is 13.3 Å². The van der Waals surface area contributed by atoms with E-state index in [9.17, 15) is 18.0 Å². The van der Waals surface area contributed by atoms with Crippen LogP contribution >= 0.6 is 43.5 Å². The number of hydrogen-bond acceptors (Lipinski definition) is 5. The fourth-order valence-electron chi connectivity index (χ4n) is 3.86. The zero-order valence-corrected chi connectivity index (χ0v) is 20.9. The summed E-state index contributed by atoms with van der Waals surface area (Å²) >= 11 is 12.6. The first kappa shape index (κ1) is 22.9. The number of piperazine rings is 1. The van der Waals surface area contributed by atoms with E-state index in [4.69, 9.17) is 11.6 Å². The Labute approximate surface area is 202 Å². The lowest BCUT2D eigenvalue weighted by atomic mass is 10.2. The van der Waals surface area contributed by atoms with E-state index in [1.54, 1.807) is 42.5 Å². The molecule has 2 fully saturated rings. The second kappa shape index (κ2) is 8.92. The maximum absolute atomic E-state index is 13.1. The van der Waals surface area contributed by atoms with Gasteiger partial charge >= 0.3 is 0 Å². The number of carbonyl (C=O) groups excluding carboxylic acids is 2. The first-order chi connectivity index (χ1) is 14.7. The molecule has 0 aliphatic carbocycles. The summed E-state index contributed by atoms with van der Waals surface area (Å²) in [5.74, 6) is -0.594. The lowest BCUT2D eigenvalue weighted by Gasteiger charge is -2.36. The van der Waals surface area contributed by atoms with E-state index in [1.165, 1.54) is 4.31 Å². The maximum atomic E-state index is 13.1. The SMILES string of the molecule is O=C1C[C@@H](N2CCN(S(=O)(=O)c3cc(Br)ccc3Br)CC2)C(=O)N1c1cccc(Cl)c1. The zero-order chi connectivity index (χ0) is 22.3. The van der Waals surface area contributed by atoms with Gasteiger partial charge in [-0.2, -0.15) is 4.31 Å². The number of sulfonamides is 1. The molecule has 2 amide bonds. The van der Waals surface area contributed by atoms with Gasteiger partial charge in [0.15, 0.2) is 0 Å². The average molecular weight is 592 g/mol. The van der Waals surface area contributed by atoms with Gasteiger partial charge in [0, 0.05) is 40.1 Å². The summed E-state index contributed by atoms with van der Waals surface area (Å²) in [6.45, 7) is 1.18. The molecule has 0 spiro atoms. The molecule has 2 aromatic rings. The smallest absolute Gasteiger partial charge is 0.251 e. The Morgan fingerprint density at radius 1 is 0.968 bits per heavy atom. The molecular formula is C20H18Br2ClN3O4S. The van der Waals surface area contributed by atoms with Crippen molar-refractivity contribution in [3.8, 4) is 0 Å². The van der Waals surface area contributed by atoms with E-state index in [2.05, 4.69) is 31.9 Å². The third-order valence-corrected chi connectivity index (χ3v) is 9.04. The minimum atomic E-state index is -3.69. The van der Waals surface area contributed by atoms with Gasteiger partial charge in [-0.3, -0.25) is 14.5 Å². The van der Waals surface area contributed by atoms with Gasteiger partial charge in [-0.15, -0.1) is 0 Å². The molecule has 164 valence electrons. The van der Waals surface area contributed by atoms with E-state index >= 15 is 0 Å². The molecule has 0 saturated carbocycles. The van der Waals surface area contributed by atoms with Gasteiger partial charge in [0.05, 0.1) is 23.0 Å². The third kappa shape index (κ3) is 4.46. The second-order valence-corrected chi connectivity index (χ2v) is 11.4. The summed E-state index contributed by atoms with van der Waals surface area (Å²) in [5.41, 5.74) is 0.450. The van der Waals surface area contributed by atoms with Crippen molar-refractivity contribution < 1.29 is 18.0 Å². The minimum Gasteiger partial charge on any atom is -0.289 e. The number of benzene rings is 2. The summed E-state index contributed by atoms with van der Waals surface area (Å²) in [4.78, 5) is 28.8. The third-order valence-electron chi connectivity index (χ3n) is 5.41. The Morgan fingerprint density at radius 3 is 2.35 bits per heavy atom. The van der Waals surface area contributed by atoms with Crippen LogP contribution in [-0.2, 0) is 19.6 Å². The van der Waals surface area contributed by atoms with Crippen LogP contribution in [0.1, 0.15) is 6.42 Å². The first-order valence-electron chi connectivity index (χ1n) is 9.50. The first-order valence-corrected chi connectivity index (χ1v) is 12.9. The van der Waals surface area contributed by atoms with Crippen molar-refractivity contribution in [2.24, 2.45) is 0 Å². The number of halogens is 3. The molecule has 2 heterocycles. The molecular weight excluding hydrogens is 574 g/mol. The fourth-order valence-corrected chi connectivity index (χ4v) is 6.93. The zero-order valence-electron chi connectivity index (χ0n) is 16.2. The van der Waals surface area contributed by atoms with Crippen molar-refractivity contribution in [1.29, 1.82) is 0 Å². The van der Waals surface area contributed by atoms with Crippen molar-refractivity contribution in [3.63, 3.8) is 0 Å². The quantitative estimate of drug-likeness (QED) is 0.509. The summed E-state index contributed by atoms with van der Waals surface area (Å²) in [6.07, 6.45) is 0.0648. The Morgan fingerprint density at radius 2 is 1.68 bits per heavy atom. The van der Waals surface area contributed by atoms with Gasteiger partial charge in [0.2, 0.25) is 15.9 Å². The Kier molecular flexibility index (Phi) is 6.58. The molecule has 0 bridgehead atoms. The predicted molar refractivity (Wildman–Crippen MR) is 125 cm³/mol. The second-order valence-electron chi connectivity index (χ2n) is 7.28. The monoisotopic (exact) mass is 589 g/mol. The van der Waals surface area contributed by atoms with Crippen molar-refractivity contribution in [1.82, 2.24) is 9.21 Å². The number of hydrogen-bond donors (Lipinski definition) is 0. The van der Waals surface area contributed by atoms with Crippen LogP contribution in [0.5, 0.6) is 0 Å². The van der Waals surface area contributed by atoms with Gasteiger partial charge in [0.25, 0.3) is 5.91 Å². The molecule has 2 saturated heterocycles. The van der Waals surface area contributed by atoms with Crippen LogP contribution in [0.3, 0.4) is 0 Å². The van der Waals surface area contributed by atoms with E-state index in [-0.39, 0.29) is 36.2 Å². The Bertz CT molecular complexity index is 1150. The van der Waals surface area contributed by atoms with Crippen LogP contribution in [0, 0.1) is 0 Å². The molecule has 2 aliphatic rings. The minimum absolute atomic E-state index is 0.0648. The molecule has 2 aromatic carbocycles. The highest BCUT2D eigenvalue weighted by Crippen LogP contribution is 2.31. The number of amides is 2. The normalized spacial score (nSPS) is 21.1. The lowest BCUT2D eigenvalue weighted by Crippen LogP contribution is -2.53. The summed E-state index contributed by atoms with van der Waals surface area (Å²) < 4.78 is 28.7. The van der Waals surface area contributed by atoms with Crippen LogP contribution < -0.4 is 4.90 Å². The number of imide groups is 1. The van der Waals surface area contributed by atoms with Crippen LogP contribution in [0.2, 0.25) is 5.02 Å². The fraction of sp³-hybridized carbons (Fsp3) is 0.300. The van der Waals surface area contributed by atoms with Gasteiger partial charge in [-0.05, 0) is 52.3 Å².